The molecule has 2 aliphatic rings. The van der Waals surface area contributed by atoms with E-state index in [2.05, 4.69) is 20.9 Å². The molecule has 2 fully saturated rings. The minimum atomic E-state index is -1.31. The fourth-order valence-electron chi connectivity index (χ4n) is 3.74. The van der Waals surface area contributed by atoms with Crippen molar-refractivity contribution in [2.24, 2.45) is 5.73 Å². The monoisotopic (exact) mass is 423 g/mol. The number of nitrogens with one attached hydrogen (secondary N) is 1. The highest BCUT2D eigenvalue weighted by molar-refractivity contribution is 9.10. The van der Waals surface area contributed by atoms with E-state index in [1.807, 2.05) is 12.1 Å². The summed E-state index contributed by atoms with van der Waals surface area (Å²) in [5, 5.41) is 11.1. The molecule has 0 spiro atoms. The van der Waals surface area contributed by atoms with E-state index in [9.17, 15) is 14.7 Å². The van der Waals surface area contributed by atoms with Gasteiger partial charge in [0.2, 0.25) is 0 Å². The summed E-state index contributed by atoms with van der Waals surface area (Å²) >= 11 is 3.38. The standard InChI is InChI=1S/C17H18BrN3O5/c1-9-6-21(15(24)20-12(9)22)14-17(10-2-4-11(18)5-3-10)13(23)16(7-19,26-14)8-25-17/h2-6,13-14,23H,7-8,19H2,1H3,(H,20,22,24)/t13-,14-,16+,17?/m1/s1. The molecular formula is C17H18BrN3O5. The fraction of sp³-hybridized carbons (Fsp3) is 0.412. The third-order valence-electron chi connectivity index (χ3n) is 5.21. The minimum absolute atomic E-state index is 0.0278. The number of halogens is 1. The van der Waals surface area contributed by atoms with Crippen LogP contribution in [0.5, 0.6) is 0 Å². The van der Waals surface area contributed by atoms with Crippen LogP contribution in [0.4, 0.5) is 0 Å². The number of benzene rings is 1. The van der Waals surface area contributed by atoms with Gasteiger partial charge in [-0.2, -0.15) is 0 Å². The molecule has 2 aromatic rings. The highest BCUT2D eigenvalue weighted by atomic mass is 79.9. The maximum atomic E-state index is 12.4. The summed E-state index contributed by atoms with van der Waals surface area (Å²) < 4.78 is 14.2. The Hall–Kier alpha value is -1.78. The van der Waals surface area contributed by atoms with Gasteiger partial charge in [-0.15, -0.1) is 0 Å². The molecule has 0 amide bonds. The molecule has 8 nitrogen and oxygen atoms in total. The molecule has 2 aliphatic heterocycles. The second-order valence-electron chi connectivity index (χ2n) is 6.71. The van der Waals surface area contributed by atoms with Crippen LogP contribution in [0.15, 0.2) is 44.5 Å². The number of nitrogens with two attached hydrogens (primary N) is 1. The number of ether oxygens (including phenoxy) is 2. The zero-order valence-corrected chi connectivity index (χ0v) is 15.5. The number of nitrogens with zero attached hydrogens (tertiary/aromatic N) is 1. The number of aliphatic hydroxyl groups is 1. The number of hydrogen-bond acceptors (Lipinski definition) is 6. The van der Waals surface area contributed by atoms with Gasteiger partial charge in [-0.1, -0.05) is 28.1 Å². The Kier molecular flexibility index (Phi) is 3.97. The van der Waals surface area contributed by atoms with Gasteiger partial charge < -0.3 is 20.3 Å². The van der Waals surface area contributed by atoms with Crippen LogP contribution in [0, 0.1) is 6.92 Å². The summed E-state index contributed by atoms with van der Waals surface area (Å²) in [7, 11) is 0. The molecule has 4 N–H and O–H groups in total. The number of aryl methyl sites for hydroxylation is 1. The normalized spacial score (nSPS) is 32.9. The lowest BCUT2D eigenvalue weighted by atomic mass is 9.84. The molecule has 0 aliphatic carbocycles. The first-order valence-electron chi connectivity index (χ1n) is 8.12. The number of hydrogen-bond donors (Lipinski definition) is 3. The van der Waals surface area contributed by atoms with Gasteiger partial charge in [0.1, 0.15) is 11.7 Å². The summed E-state index contributed by atoms with van der Waals surface area (Å²) in [6.07, 6.45) is -0.641. The van der Waals surface area contributed by atoms with Crippen LogP contribution in [-0.2, 0) is 15.1 Å². The van der Waals surface area contributed by atoms with Gasteiger partial charge in [0.15, 0.2) is 11.8 Å². The molecular weight excluding hydrogens is 406 g/mol. The zero-order chi connectivity index (χ0) is 18.7. The Morgan fingerprint density at radius 1 is 1.38 bits per heavy atom. The van der Waals surface area contributed by atoms with Crippen molar-refractivity contribution in [1.29, 1.82) is 0 Å². The SMILES string of the molecule is Cc1cn([C@@H]2O[C@@]3(CN)COC2(c2ccc(Br)cc2)[C@@H]3O)c(=O)[nH]c1=O. The van der Waals surface area contributed by atoms with Gasteiger partial charge in [0.05, 0.1) is 6.61 Å². The highest BCUT2D eigenvalue weighted by Gasteiger charge is 2.71. The number of aromatic nitrogens is 2. The summed E-state index contributed by atoms with van der Waals surface area (Å²) in [6, 6.07) is 7.23. The second kappa shape index (κ2) is 5.86. The maximum absolute atomic E-state index is 12.4. The smallest absolute Gasteiger partial charge is 0.330 e. The van der Waals surface area contributed by atoms with Crippen LogP contribution in [0.2, 0.25) is 0 Å². The minimum Gasteiger partial charge on any atom is -0.386 e. The van der Waals surface area contributed by atoms with E-state index < -0.39 is 34.8 Å². The lowest BCUT2D eigenvalue weighted by molar-refractivity contribution is -0.212. The Bertz CT molecular complexity index is 972. The summed E-state index contributed by atoms with van der Waals surface area (Å²) in [6.45, 7) is 1.72. The molecule has 1 aromatic carbocycles. The number of aromatic amines is 1. The van der Waals surface area contributed by atoms with Crippen LogP contribution in [0.3, 0.4) is 0 Å². The molecule has 9 heteroatoms. The third-order valence-corrected chi connectivity index (χ3v) is 5.74. The van der Waals surface area contributed by atoms with Gasteiger partial charge in [0, 0.05) is 22.8 Å². The number of fused-ring (bicyclic) bond motifs is 2. The van der Waals surface area contributed by atoms with Crippen LogP contribution in [-0.4, -0.2) is 39.5 Å². The Morgan fingerprint density at radius 2 is 2.08 bits per heavy atom. The van der Waals surface area contributed by atoms with Crippen molar-refractivity contribution in [1.82, 2.24) is 9.55 Å². The van der Waals surface area contributed by atoms with Crippen molar-refractivity contribution in [3.05, 3.63) is 66.9 Å². The Labute approximate surface area is 156 Å². The van der Waals surface area contributed by atoms with Crippen LogP contribution >= 0.6 is 15.9 Å². The predicted octanol–water partition coefficient (Wildman–Crippen LogP) is 0.120. The first-order chi connectivity index (χ1) is 12.3. The molecule has 2 bridgehead atoms. The van der Waals surface area contributed by atoms with Crippen LogP contribution in [0.25, 0.3) is 0 Å². The average molecular weight is 424 g/mol. The molecule has 1 unspecified atom stereocenters. The molecule has 3 heterocycles. The van der Waals surface area contributed by atoms with Crippen molar-refractivity contribution in [2.45, 2.75) is 30.5 Å². The van der Waals surface area contributed by atoms with Crippen molar-refractivity contribution in [3.63, 3.8) is 0 Å². The molecule has 4 atom stereocenters. The van der Waals surface area contributed by atoms with Gasteiger partial charge in [0.25, 0.3) is 5.56 Å². The number of H-pyrrole nitrogens is 1. The lowest BCUT2D eigenvalue weighted by Crippen LogP contribution is -2.47. The molecule has 2 saturated heterocycles. The van der Waals surface area contributed by atoms with E-state index in [-0.39, 0.29) is 13.2 Å². The third kappa shape index (κ3) is 2.21. The van der Waals surface area contributed by atoms with Gasteiger partial charge in [-0.25, -0.2) is 4.79 Å². The van der Waals surface area contributed by atoms with Gasteiger partial charge in [-0.05, 0) is 24.6 Å². The molecule has 138 valence electrons. The topological polar surface area (TPSA) is 120 Å². The van der Waals surface area contributed by atoms with E-state index in [0.29, 0.717) is 11.1 Å². The Balaban J connectivity index is 1.94. The van der Waals surface area contributed by atoms with E-state index >= 15 is 0 Å². The van der Waals surface area contributed by atoms with Crippen LogP contribution in [0.1, 0.15) is 17.4 Å². The summed E-state index contributed by atoms with van der Waals surface area (Å²) in [5.41, 5.74) is 3.33. The number of aliphatic hydroxyl groups excluding tert-OH is 1. The van der Waals surface area contributed by atoms with Crippen LogP contribution < -0.4 is 17.0 Å². The first kappa shape index (κ1) is 17.6. The van der Waals surface area contributed by atoms with E-state index in [0.717, 1.165) is 4.47 Å². The Morgan fingerprint density at radius 3 is 2.73 bits per heavy atom. The van der Waals surface area contributed by atoms with Crippen molar-refractivity contribution in [3.8, 4) is 0 Å². The number of rotatable bonds is 3. The van der Waals surface area contributed by atoms with E-state index in [4.69, 9.17) is 15.2 Å². The first-order valence-corrected chi connectivity index (χ1v) is 8.91. The van der Waals surface area contributed by atoms with Crippen molar-refractivity contribution < 1.29 is 14.6 Å². The largest absolute Gasteiger partial charge is 0.386 e. The van der Waals surface area contributed by atoms with Gasteiger partial charge in [-0.3, -0.25) is 14.3 Å². The van der Waals surface area contributed by atoms with E-state index in [1.54, 1.807) is 19.1 Å². The van der Waals surface area contributed by atoms with Gasteiger partial charge >= 0.3 is 5.69 Å². The maximum Gasteiger partial charge on any atom is 0.330 e. The zero-order valence-electron chi connectivity index (χ0n) is 13.9. The predicted molar refractivity (Wildman–Crippen MR) is 95.7 cm³/mol. The summed E-state index contributed by atoms with van der Waals surface area (Å²) in [5.74, 6) is 0. The molecule has 26 heavy (non-hydrogen) atoms. The highest BCUT2D eigenvalue weighted by Crippen LogP contribution is 2.57. The molecule has 4 rings (SSSR count). The van der Waals surface area contributed by atoms with Crippen molar-refractivity contribution >= 4 is 15.9 Å². The fourth-order valence-corrected chi connectivity index (χ4v) is 4.01. The average Bonchev–Trinajstić information content (AvgIpc) is 3.05. The van der Waals surface area contributed by atoms with Crippen molar-refractivity contribution in [2.75, 3.05) is 13.2 Å². The summed E-state index contributed by atoms with van der Waals surface area (Å²) in [4.78, 5) is 26.4. The molecule has 1 aromatic heterocycles. The molecule has 0 radical (unpaired) electrons. The van der Waals surface area contributed by atoms with E-state index in [1.165, 1.54) is 10.8 Å². The second-order valence-corrected chi connectivity index (χ2v) is 7.62. The quantitative estimate of drug-likeness (QED) is 0.644. The molecule has 0 saturated carbocycles. The lowest BCUT2D eigenvalue weighted by Gasteiger charge is -2.36.